The number of halogens is 1. The number of thiazole rings is 1. The molecule has 2 heterocycles. The molecule has 1 aliphatic heterocycles. The Kier molecular flexibility index (Phi) is 10.6. The van der Waals surface area contributed by atoms with Crippen LogP contribution in [0.15, 0.2) is 59.3 Å². The van der Waals surface area contributed by atoms with E-state index in [1.807, 2.05) is 37.4 Å². The van der Waals surface area contributed by atoms with Gasteiger partial charge in [0.25, 0.3) is 0 Å². The molecule has 1 fully saturated rings. The highest BCUT2D eigenvalue weighted by molar-refractivity contribution is 8.15. The van der Waals surface area contributed by atoms with Crippen LogP contribution in [0.2, 0.25) is 5.02 Å². The van der Waals surface area contributed by atoms with E-state index >= 15 is 0 Å². The lowest BCUT2D eigenvalue weighted by Crippen LogP contribution is -2.43. The van der Waals surface area contributed by atoms with E-state index in [0.717, 1.165) is 51.3 Å². The number of aromatic nitrogens is 1. The average Bonchev–Trinajstić information content (AvgIpc) is 3.24. The first-order valence-corrected chi connectivity index (χ1v) is 14.4. The fourth-order valence-corrected chi connectivity index (χ4v) is 5.08. The summed E-state index contributed by atoms with van der Waals surface area (Å²) in [4.78, 5) is 21.0. The van der Waals surface area contributed by atoms with E-state index in [1.165, 1.54) is 11.3 Å². The van der Waals surface area contributed by atoms with Gasteiger partial charge in [-0.05, 0) is 56.7 Å². The molecule has 0 bridgehead atoms. The van der Waals surface area contributed by atoms with Crippen molar-refractivity contribution in [3.05, 3.63) is 80.5 Å². The summed E-state index contributed by atoms with van der Waals surface area (Å²) in [6.45, 7) is 9.93. The minimum absolute atomic E-state index is 0.0160. The van der Waals surface area contributed by atoms with Crippen molar-refractivity contribution >= 4 is 58.9 Å². The zero-order chi connectivity index (χ0) is 25.4. The summed E-state index contributed by atoms with van der Waals surface area (Å²) in [5.41, 5.74) is 4.51. The monoisotopic (exact) mass is 545 g/mol. The lowest BCUT2D eigenvalue weighted by atomic mass is 9.96. The van der Waals surface area contributed by atoms with Crippen molar-refractivity contribution < 1.29 is 4.79 Å². The van der Waals surface area contributed by atoms with Gasteiger partial charge in [0.15, 0.2) is 0 Å². The SMILES string of the molecule is C=C(S)SC.Cc1ccccc1N1CCCC(C(=O)NCc2sc(-c3ccc(Cl)cc3)nc2C)C1. The maximum absolute atomic E-state index is 12.9. The number of carbonyl (C=O) groups is 1. The van der Waals surface area contributed by atoms with Crippen molar-refractivity contribution in [2.75, 3.05) is 24.2 Å². The number of hydrogen-bond acceptors (Lipinski definition) is 6. The molecule has 0 aliphatic carbocycles. The maximum Gasteiger partial charge on any atom is 0.225 e. The molecule has 1 aliphatic rings. The van der Waals surface area contributed by atoms with Gasteiger partial charge in [-0.3, -0.25) is 4.79 Å². The third kappa shape index (κ3) is 8.04. The molecule has 35 heavy (non-hydrogen) atoms. The summed E-state index contributed by atoms with van der Waals surface area (Å²) in [5.74, 6) is 0.149. The van der Waals surface area contributed by atoms with Crippen molar-refractivity contribution in [1.82, 2.24) is 10.3 Å². The molecule has 1 atom stereocenters. The van der Waals surface area contributed by atoms with Crippen LogP contribution in [0.4, 0.5) is 5.69 Å². The van der Waals surface area contributed by atoms with E-state index < -0.39 is 0 Å². The van der Waals surface area contributed by atoms with Crippen molar-refractivity contribution in [3.8, 4) is 10.6 Å². The van der Waals surface area contributed by atoms with Gasteiger partial charge in [-0.1, -0.05) is 48.5 Å². The van der Waals surface area contributed by atoms with Gasteiger partial charge in [0.1, 0.15) is 5.01 Å². The minimum atomic E-state index is 0.0160. The van der Waals surface area contributed by atoms with E-state index in [2.05, 4.69) is 65.6 Å². The van der Waals surface area contributed by atoms with Gasteiger partial charge >= 0.3 is 0 Å². The number of para-hydroxylation sites is 1. The molecule has 0 spiro atoms. The highest BCUT2D eigenvalue weighted by Crippen LogP contribution is 2.29. The first-order chi connectivity index (χ1) is 16.8. The number of piperidine rings is 1. The van der Waals surface area contributed by atoms with Crippen molar-refractivity contribution in [1.29, 1.82) is 0 Å². The number of amides is 1. The highest BCUT2D eigenvalue weighted by atomic mass is 35.5. The molecule has 1 unspecified atom stereocenters. The Labute approximate surface area is 227 Å². The maximum atomic E-state index is 12.9. The smallest absolute Gasteiger partial charge is 0.225 e. The zero-order valence-electron chi connectivity index (χ0n) is 20.4. The van der Waals surface area contributed by atoms with E-state index in [-0.39, 0.29) is 11.8 Å². The molecule has 4 rings (SSSR count). The fraction of sp³-hybridized carbons (Fsp3) is 0.333. The van der Waals surface area contributed by atoms with Gasteiger partial charge in [-0.25, -0.2) is 4.98 Å². The summed E-state index contributed by atoms with van der Waals surface area (Å²) in [6.07, 6.45) is 3.91. The molecular formula is C27H32ClN3OS3. The second-order valence-corrected chi connectivity index (χ2v) is 11.7. The number of thiol groups is 1. The van der Waals surface area contributed by atoms with Gasteiger partial charge < -0.3 is 10.2 Å². The molecule has 3 aromatic rings. The lowest BCUT2D eigenvalue weighted by molar-refractivity contribution is -0.125. The van der Waals surface area contributed by atoms with Gasteiger partial charge in [0.05, 0.1) is 18.2 Å². The molecule has 1 amide bonds. The van der Waals surface area contributed by atoms with Crippen LogP contribution in [-0.2, 0) is 11.3 Å². The Hall–Kier alpha value is -1.93. The average molecular weight is 546 g/mol. The quantitative estimate of drug-likeness (QED) is 0.317. The number of aryl methyl sites for hydroxylation is 2. The molecule has 1 N–H and O–H groups in total. The van der Waals surface area contributed by atoms with E-state index in [0.29, 0.717) is 11.6 Å². The number of anilines is 1. The topological polar surface area (TPSA) is 45.2 Å². The number of rotatable bonds is 6. The molecule has 2 aromatic carbocycles. The third-order valence-electron chi connectivity index (χ3n) is 5.89. The van der Waals surface area contributed by atoms with Crippen LogP contribution >= 0.6 is 47.3 Å². The standard InChI is InChI=1S/C24H26ClN3OS.C3H6S2/c1-16-6-3-4-8-21(16)28-13-5-7-19(15-28)23(29)26-14-22-17(2)27-24(30-22)18-9-11-20(25)12-10-18;1-3(4)5-2/h3-4,6,8-12,19H,5,7,13-15H2,1-2H3,(H,26,29);4H,1H2,2H3. The van der Waals surface area contributed by atoms with E-state index in [9.17, 15) is 4.79 Å². The normalized spacial score (nSPS) is 15.2. The van der Waals surface area contributed by atoms with Crippen LogP contribution in [0.25, 0.3) is 10.6 Å². The second-order valence-electron chi connectivity index (χ2n) is 8.42. The Morgan fingerprint density at radius 3 is 2.60 bits per heavy atom. The van der Waals surface area contributed by atoms with Crippen LogP contribution in [0, 0.1) is 19.8 Å². The fourth-order valence-electron chi connectivity index (χ4n) is 3.95. The van der Waals surface area contributed by atoms with Crippen LogP contribution < -0.4 is 10.2 Å². The molecule has 0 saturated carbocycles. The number of nitrogens with zero attached hydrogens (tertiary/aromatic N) is 2. The Balaban J connectivity index is 0.000000623. The Morgan fingerprint density at radius 2 is 1.94 bits per heavy atom. The Bertz CT molecular complexity index is 1150. The largest absolute Gasteiger partial charge is 0.371 e. The first-order valence-electron chi connectivity index (χ1n) is 11.5. The number of benzene rings is 2. The minimum Gasteiger partial charge on any atom is -0.371 e. The summed E-state index contributed by atoms with van der Waals surface area (Å²) in [7, 11) is 0. The van der Waals surface area contributed by atoms with Crippen molar-refractivity contribution in [2.45, 2.75) is 33.2 Å². The number of hydrogen-bond donors (Lipinski definition) is 2. The second kappa shape index (κ2) is 13.4. The molecule has 0 radical (unpaired) electrons. The summed E-state index contributed by atoms with van der Waals surface area (Å²) in [6, 6.07) is 16.1. The van der Waals surface area contributed by atoms with Crippen LogP contribution in [-0.4, -0.2) is 30.2 Å². The van der Waals surface area contributed by atoms with E-state index in [1.54, 1.807) is 23.1 Å². The predicted molar refractivity (Wildman–Crippen MR) is 157 cm³/mol. The molecule has 1 saturated heterocycles. The molecule has 186 valence electrons. The van der Waals surface area contributed by atoms with Crippen molar-refractivity contribution in [3.63, 3.8) is 0 Å². The number of carbonyl (C=O) groups excluding carboxylic acids is 1. The van der Waals surface area contributed by atoms with Gasteiger partial charge in [0.2, 0.25) is 5.91 Å². The van der Waals surface area contributed by atoms with Crippen molar-refractivity contribution in [2.24, 2.45) is 5.92 Å². The summed E-state index contributed by atoms with van der Waals surface area (Å²) < 4.78 is 0.866. The highest BCUT2D eigenvalue weighted by Gasteiger charge is 2.26. The molecular weight excluding hydrogens is 514 g/mol. The van der Waals surface area contributed by atoms with Crippen LogP contribution in [0.5, 0.6) is 0 Å². The van der Waals surface area contributed by atoms with Gasteiger partial charge in [-0.15, -0.1) is 35.7 Å². The molecule has 8 heteroatoms. The lowest BCUT2D eigenvalue weighted by Gasteiger charge is -2.34. The molecule has 4 nitrogen and oxygen atoms in total. The summed E-state index contributed by atoms with van der Waals surface area (Å²) in [5, 5.41) is 4.82. The zero-order valence-corrected chi connectivity index (χ0v) is 23.7. The van der Waals surface area contributed by atoms with E-state index in [4.69, 9.17) is 11.6 Å². The summed E-state index contributed by atoms with van der Waals surface area (Å²) >= 11 is 13.0. The number of thioether (sulfide) groups is 1. The van der Waals surface area contributed by atoms with Gasteiger partial charge in [0, 0.05) is 38.5 Å². The predicted octanol–water partition coefficient (Wildman–Crippen LogP) is 7.36. The molecule has 1 aromatic heterocycles. The van der Waals surface area contributed by atoms with Gasteiger partial charge in [-0.2, -0.15) is 0 Å². The van der Waals surface area contributed by atoms with Crippen LogP contribution in [0.3, 0.4) is 0 Å². The first kappa shape index (κ1) is 27.7. The number of nitrogens with one attached hydrogen (secondary N) is 1. The Morgan fingerprint density at radius 1 is 1.26 bits per heavy atom. The van der Waals surface area contributed by atoms with Crippen LogP contribution in [0.1, 0.15) is 29.0 Å². The third-order valence-corrected chi connectivity index (χ3v) is 8.37.